The van der Waals surface area contributed by atoms with Gasteiger partial charge < -0.3 is 9.67 Å². The fourth-order valence-corrected chi connectivity index (χ4v) is 0.653. The van der Waals surface area contributed by atoms with Gasteiger partial charge in [-0.25, -0.2) is 0 Å². The average molecular weight is 364 g/mol. The van der Waals surface area contributed by atoms with Gasteiger partial charge in [-0.05, 0) is 6.42 Å². The van der Waals surface area contributed by atoms with Gasteiger partial charge in [0.25, 0.3) is 0 Å². The average Bonchev–Trinajstić information content (AvgIpc) is 2.15. The number of aromatic nitrogens is 3. The Morgan fingerprint density at radius 1 is 1.70 bits per heavy atom. The molecule has 54 valence electrons. The molecule has 1 aromatic heterocycles. The minimum Gasteiger partial charge on any atom is -0.401 e. The molecule has 0 spiro atoms. The van der Waals surface area contributed by atoms with E-state index in [1.165, 1.54) is 4.57 Å². The van der Waals surface area contributed by atoms with Crippen LogP contribution in [0, 0.1) is 31.1 Å². The Hall–Kier alpha value is -0.00805. The molecule has 0 N–H and O–H groups in total. The van der Waals surface area contributed by atoms with Crippen LogP contribution in [0.2, 0.25) is 0 Å². The molecule has 1 aromatic rings. The van der Waals surface area contributed by atoms with E-state index in [0.717, 1.165) is 12.2 Å². The maximum Gasteiger partial charge on any atom is 0.177 e. The largest absolute Gasteiger partial charge is 0.401 e. The second-order valence-corrected chi connectivity index (χ2v) is 1.81. The summed E-state index contributed by atoms with van der Waals surface area (Å²) < 4.78 is 1.44. The summed E-state index contributed by atoms with van der Waals surface area (Å²) in [4.78, 5) is 10.6. The van der Waals surface area contributed by atoms with E-state index in [0.29, 0.717) is 0 Å². The summed E-state index contributed by atoms with van der Waals surface area (Å²) >= 11 is 0. The van der Waals surface area contributed by atoms with Gasteiger partial charge in [0.2, 0.25) is 0 Å². The van der Waals surface area contributed by atoms with Crippen LogP contribution in [0.15, 0.2) is 4.79 Å². The van der Waals surface area contributed by atoms with Crippen molar-refractivity contribution in [2.75, 3.05) is 0 Å². The summed E-state index contributed by atoms with van der Waals surface area (Å²) in [6.07, 6.45) is 0.756. The molecular formula is C5H8N3OU-. The number of hydrogen-bond donors (Lipinski definition) is 0. The Morgan fingerprint density at radius 2 is 2.30 bits per heavy atom. The van der Waals surface area contributed by atoms with Crippen molar-refractivity contribution in [3.63, 3.8) is 0 Å². The van der Waals surface area contributed by atoms with Gasteiger partial charge in [0.15, 0.2) is 5.69 Å². The van der Waals surface area contributed by atoms with Crippen LogP contribution in [0.3, 0.4) is 0 Å². The molecule has 0 aliphatic rings. The third kappa shape index (κ3) is 1.74. The summed E-state index contributed by atoms with van der Waals surface area (Å²) in [7, 11) is 1.67. The summed E-state index contributed by atoms with van der Waals surface area (Å²) in [5.41, 5.74) is -0.271. The summed E-state index contributed by atoms with van der Waals surface area (Å²) in [5, 5.41) is 6.98. The quantitative estimate of drug-likeness (QED) is 0.663. The smallest absolute Gasteiger partial charge is 0.177 e. The topological polar surface area (TPSA) is 49.0 Å². The van der Waals surface area contributed by atoms with Gasteiger partial charge in [-0.15, -0.1) is 0 Å². The molecule has 0 aliphatic heterocycles. The second kappa shape index (κ2) is 3.99. The van der Waals surface area contributed by atoms with Gasteiger partial charge in [-0.3, -0.25) is 9.89 Å². The van der Waals surface area contributed by atoms with Crippen LogP contribution >= 0.6 is 0 Å². The van der Waals surface area contributed by atoms with Crippen molar-refractivity contribution in [1.29, 1.82) is 0 Å². The Kier molecular flexibility index (Phi) is 3.99. The molecule has 0 amide bonds. The molecule has 0 aliphatic carbocycles. The van der Waals surface area contributed by atoms with Crippen molar-refractivity contribution in [1.82, 2.24) is 14.8 Å². The van der Waals surface area contributed by atoms with Gasteiger partial charge in [0, 0.05) is 36.9 Å². The van der Waals surface area contributed by atoms with Crippen molar-refractivity contribution in [3.05, 3.63) is 16.3 Å². The van der Waals surface area contributed by atoms with Crippen molar-refractivity contribution < 1.29 is 31.1 Å². The van der Waals surface area contributed by atoms with Gasteiger partial charge in [0.05, 0.1) is 0 Å². The Balaban J connectivity index is 0.000000810. The fourth-order valence-electron chi connectivity index (χ4n) is 0.653. The van der Waals surface area contributed by atoms with Crippen molar-refractivity contribution in [2.45, 2.75) is 13.3 Å². The Morgan fingerprint density at radius 3 is 2.50 bits per heavy atom. The van der Waals surface area contributed by atoms with E-state index in [1.54, 1.807) is 7.05 Å². The molecule has 0 aromatic carbocycles. The van der Waals surface area contributed by atoms with Gasteiger partial charge in [-0.1, -0.05) is 14.0 Å². The SMILES string of the molecule is CCc1n[n-]c(=O)n1C.[U]. The van der Waals surface area contributed by atoms with Crippen LogP contribution in [0.5, 0.6) is 0 Å². The molecule has 1 rings (SSSR count). The molecule has 0 bridgehead atoms. The molecule has 5 heteroatoms. The van der Waals surface area contributed by atoms with Crippen LogP contribution in [0.25, 0.3) is 0 Å². The Labute approximate surface area is 82.4 Å². The van der Waals surface area contributed by atoms with Gasteiger partial charge >= 0.3 is 0 Å². The molecule has 0 unspecified atom stereocenters. The molecular weight excluding hydrogens is 356 g/mol. The molecule has 0 radical (unpaired) electrons. The first-order valence-electron chi connectivity index (χ1n) is 2.81. The first-order valence-corrected chi connectivity index (χ1v) is 2.81. The van der Waals surface area contributed by atoms with E-state index in [-0.39, 0.29) is 36.8 Å². The van der Waals surface area contributed by atoms with E-state index in [1.807, 2.05) is 6.92 Å². The number of hydrogen-bond acceptors (Lipinski definition) is 2. The normalized spacial score (nSPS) is 9.00. The van der Waals surface area contributed by atoms with Crippen molar-refractivity contribution in [2.24, 2.45) is 7.05 Å². The molecule has 4 nitrogen and oxygen atoms in total. The summed E-state index contributed by atoms with van der Waals surface area (Å²) in [5.74, 6) is 0.736. The molecule has 0 saturated heterocycles. The minimum absolute atomic E-state index is 0. The number of aryl methyl sites for hydroxylation is 1. The van der Waals surface area contributed by atoms with Gasteiger partial charge in [0.1, 0.15) is 0 Å². The molecule has 0 atom stereocenters. The zero-order valence-corrected chi connectivity index (χ0v) is 10.1. The monoisotopic (exact) mass is 364 g/mol. The van der Waals surface area contributed by atoms with Crippen LogP contribution in [0.4, 0.5) is 0 Å². The second-order valence-electron chi connectivity index (χ2n) is 1.81. The van der Waals surface area contributed by atoms with E-state index in [2.05, 4.69) is 10.2 Å². The summed E-state index contributed by atoms with van der Waals surface area (Å²) in [6.45, 7) is 1.93. The first-order chi connectivity index (χ1) is 4.25. The third-order valence-electron chi connectivity index (χ3n) is 1.24. The first kappa shape index (κ1) is 9.99. The molecule has 10 heavy (non-hydrogen) atoms. The van der Waals surface area contributed by atoms with Gasteiger partial charge in [-0.2, -0.15) is 0 Å². The summed E-state index contributed by atoms with van der Waals surface area (Å²) in [6, 6.07) is 0. The maximum absolute atomic E-state index is 10.6. The number of nitrogens with zero attached hydrogens (tertiary/aromatic N) is 3. The maximum atomic E-state index is 10.6. The van der Waals surface area contributed by atoms with E-state index in [4.69, 9.17) is 0 Å². The van der Waals surface area contributed by atoms with Crippen molar-refractivity contribution >= 4 is 0 Å². The third-order valence-corrected chi connectivity index (χ3v) is 1.24. The van der Waals surface area contributed by atoms with Crippen LogP contribution < -0.4 is 10.8 Å². The van der Waals surface area contributed by atoms with Crippen LogP contribution in [-0.2, 0) is 13.5 Å². The van der Waals surface area contributed by atoms with E-state index < -0.39 is 0 Å². The minimum atomic E-state index is -0.271. The number of rotatable bonds is 1. The molecule has 0 fully saturated rings. The van der Waals surface area contributed by atoms with Crippen LogP contribution in [-0.4, -0.2) is 9.67 Å². The van der Waals surface area contributed by atoms with Crippen LogP contribution in [0.1, 0.15) is 12.7 Å². The zero-order valence-electron chi connectivity index (χ0n) is 5.96. The Bertz CT molecular complexity index is 252. The molecule has 0 saturated carbocycles. The standard InChI is InChI=1S/C5H9N3O.U/c1-3-4-6-7-5(9)8(4)2;/h3H2,1-2H3,(H,7,9);/p-1. The van der Waals surface area contributed by atoms with E-state index >= 15 is 0 Å². The molecule has 1 heterocycles. The fraction of sp³-hybridized carbons (Fsp3) is 0.600. The van der Waals surface area contributed by atoms with E-state index in [9.17, 15) is 4.79 Å². The predicted octanol–water partition coefficient (Wildman–Crippen LogP) is -0.700. The predicted molar refractivity (Wildman–Crippen MR) is 32.2 cm³/mol. The van der Waals surface area contributed by atoms with Crippen molar-refractivity contribution in [3.8, 4) is 0 Å². The zero-order chi connectivity index (χ0) is 6.85.